The Bertz CT molecular complexity index is 1330. The molecule has 0 spiro atoms. The Morgan fingerprint density at radius 3 is 2.75 bits per heavy atom. The zero-order chi connectivity index (χ0) is 19.7. The van der Waals surface area contributed by atoms with Gasteiger partial charge in [0.1, 0.15) is 12.1 Å². The van der Waals surface area contributed by atoms with Crippen LogP contribution in [0.3, 0.4) is 0 Å². The minimum atomic E-state index is -0.487. The summed E-state index contributed by atoms with van der Waals surface area (Å²) in [6.07, 6.45) is 3.58. The van der Waals surface area contributed by atoms with Crippen molar-refractivity contribution in [2.24, 2.45) is 0 Å². The first kappa shape index (κ1) is 17.7. The Balaban J connectivity index is 1.53. The van der Waals surface area contributed by atoms with Gasteiger partial charge in [-0.25, -0.2) is 4.79 Å². The van der Waals surface area contributed by atoms with E-state index in [4.69, 9.17) is 8.94 Å². The number of fused-ring (bicyclic) bond motifs is 1. The topological polar surface area (TPSA) is 113 Å². The molecule has 0 saturated carbocycles. The molecule has 142 valence electrons. The lowest BCUT2D eigenvalue weighted by molar-refractivity contribution is 0.364. The van der Waals surface area contributed by atoms with E-state index in [1.165, 1.54) is 21.3 Å². The molecule has 4 heterocycles. The van der Waals surface area contributed by atoms with Gasteiger partial charge in [-0.2, -0.15) is 4.98 Å². The van der Waals surface area contributed by atoms with Gasteiger partial charge in [-0.1, -0.05) is 11.2 Å². The molecule has 0 unspecified atom stereocenters. The van der Waals surface area contributed by atoms with Gasteiger partial charge in [-0.05, 0) is 24.6 Å². The van der Waals surface area contributed by atoms with Crippen LogP contribution in [0, 0.1) is 6.92 Å². The van der Waals surface area contributed by atoms with Gasteiger partial charge in [0.25, 0.3) is 11.1 Å². The number of aromatic nitrogens is 4. The summed E-state index contributed by atoms with van der Waals surface area (Å²) in [5, 5.41) is 4.28. The van der Waals surface area contributed by atoms with E-state index in [2.05, 4.69) is 10.1 Å². The number of hydrogen-bond donors (Lipinski definition) is 0. The van der Waals surface area contributed by atoms with Gasteiger partial charge in [0.05, 0.1) is 5.39 Å². The Morgan fingerprint density at radius 2 is 1.93 bits per heavy atom. The standard InChI is InChI=1S/C19H16N4O5/c1-12-10-17(25)27-13-5-8-22(19(26)18(12)13)9-6-14-20-15(28-21-14)11-23-7-3-2-4-16(23)24/h2-5,7-8,10H,6,9,11H2,1H3. The van der Waals surface area contributed by atoms with Crippen LogP contribution in [-0.2, 0) is 19.5 Å². The first-order valence-electron chi connectivity index (χ1n) is 8.62. The quantitative estimate of drug-likeness (QED) is 0.509. The molecule has 0 aliphatic carbocycles. The molecule has 4 aromatic heterocycles. The van der Waals surface area contributed by atoms with E-state index in [1.54, 1.807) is 37.5 Å². The Hall–Kier alpha value is -3.75. The van der Waals surface area contributed by atoms with Crippen LogP contribution in [0.5, 0.6) is 0 Å². The fourth-order valence-corrected chi connectivity index (χ4v) is 2.98. The second-order valence-corrected chi connectivity index (χ2v) is 6.32. The highest BCUT2D eigenvalue weighted by atomic mass is 16.5. The van der Waals surface area contributed by atoms with Crippen molar-refractivity contribution in [3.63, 3.8) is 0 Å². The Kier molecular flexibility index (Phi) is 4.48. The Labute approximate surface area is 157 Å². The van der Waals surface area contributed by atoms with Crippen molar-refractivity contribution < 1.29 is 8.94 Å². The Morgan fingerprint density at radius 1 is 1.07 bits per heavy atom. The maximum atomic E-state index is 12.7. The predicted molar refractivity (Wildman–Crippen MR) is 99.3 cm³/mol. The molecule has 0 aromatic carbocycles. The average Bonchev–Trinajstić information content (AvgIpc) is 3.10. The lowest BCUT2D eigenvalue weighted by atomic mass is 10.2. The van der Waals surface area contributed by atoms with Crippen molar-refractivity contribution in [1.29, 1.82) is 0 Å². The average molecular weight is 380 g/mol. The van der Waals surface area contributed by atoms with E-state index >= 15 is 0 Å². The van der Waals surface area contributed by atoms with E-state index < -0.39 is 5.63 Å². The molecular weight excluding hydrogens is 364 g/mol. The molecule has 0 radical (unpaired) electrons. The molecule has 28 heavy (non-hydrogen) atoms. The fraction of sp³-hybridized carbons (Fsp3) is 0.211. The minimum Gasteiger partial charge on any atom is -0.422 e. The third-order valence-electron chi connectivity index (χ3n) is 4.36. The minimum absolute atomic E-state index is 0.160. The molecule has 0 atom stereocenters. The number of pyridine rings is 2. The van der Waals surface area contributed by atoms with E-state index in [-0.39, 0.29) is 23.2 Å². The first-order valence-corrected chi connectivity index (χ1v) is 8.62. The highest BCUT2D eigenvalue weighted by molar-refractivity contribution is 5.78. The van der Waals surface area contributed by atoms with Gasteiger partial charge >= 0.3 is 5.63 Å². The largest absolute Gasteiger partial charge is 0.422 e. The maximum absolute atomic E-state index is 12.7. The number of aryl methyl sites for hydroxylation is 3. The molecule has 4 aromatic rings. The summed E-state index contributed by atoms with van der Waals surface area (Å²) in [6, 6.07) is 7.74. The van der Waals surface area contributed by atoms with Crippen molar-refractivity contribution >= 4 is 11.0 Å². The van der Waals surface area contributed by atoms with Crippen molar-refractivity contribution in [2.75, 3.05) is 0 Å². The summed E-state index contributed by atoms with van der Waals surface area (Å²) in [5.41, 5.74) is -0.0635. The summed E-state index contributed by atoms with van der Waals surface area (Å²) in [4.78, 5) is 40.1. The van der Waals surface area contributed by atoms with Crippen LogP contribution in [0.2, 0.25) is 0 Å². The predicted octanol–water partition coefficient (Wildman–Crippen LogP) is 1.10. The summed E-state index contributed by atoms with van der Waals surface area (Å²) in [5.74, 6) is 0.745. The lowest BCUT2D eigenvalue weighted by Gasteiger charge is -2.06. The third kappa shape index (κ3) is 3.41. The molecular formula is C19H16N4O5. The van der Waals surface area contributed by atoms with Crippen molar-refractivity contribution in [3.05, 3.63) is 91.1 Å². The fourth-order valence-electron chi connectivity index (χ4n) is 2.98. The zero-order valence-electron chi connectivity index (χ0n) is 15.0. The van der Waals surface area contributed by atoms with Crippen molar-refractivity contribution in [1.82, 2.24) is 19.3 Å². The highest BCUT2D eigenvalue weighted by Crippen LogP contribution is 2.11. The summed E-state index contributed by atoms with van der Waals surface area (Å²) in [7, 11) is 0. The molecule has 0 N–H and O–H groups in total. The van der Waals surface area contributed by atoms with Gasteiger partial charge in [0.2, 0.25) is 5.89 Å². The molecule has 9 heteroatoms. The summed E-state index contributed by atoms with van der Waals surface area (Å²) < 4.78 is 13.2. The normalized spacial score (nSPS) is 11.2. The van der Waals surface area contributed by atoms with Gasteiger partial charge < -0.3 is 18.1 Å². The first-order chi connectivity index (χ1) is 13.5. The van der Waals surface area contributed by atoms with Gasteiger partial charge in [-0.3, -0.25) is 9.59 Å². The zero-order valence-corrected chi connectivity index (χ0v) is 15.0. The van der Waals surface area contributed by atoms with Crippen LogP contribution >= 0.6 is 0 Å². The van der Waals surface area contributed by atoms with E-state index in [9.17, 15) is 14.4 Å². The van der Waals surface area contributed by atoms with Gasteiger partial charge in [0.15, 0.2) is 5.82 Å². The van der Waals surface area contributed by atoms with Crippen LogP contribution in [0.15, 0.2) is 66.0 Å². The van der Waals surface area contributed by atoms with Crippen LogP contribution in [0.1, 0.15) is 17.3 Å². The summed E-state index contributed by atoms with van der Waals surface area (Å²) in [6.45, 7) is 2.21. The van der Waals surface area contributed by atoms with Gasteiger partial charge in [0, 0.05) is 37.5 Å². The number of rotatable bonds is 5. The van der Waals surface area contributed by atoms with Crippen LogP contribution in [-0.4, -0.2) is 19.3 Å². The molecule has 0 amide bonds. The van der Waals surface area contributed by atoms with Crippen LogP contribution in [0.25, 0.3) is 11.0 Å². The van der Waals surface area contributed by atoms with Crippen molar-refractivity contribution in [2.45, 2.75) is 26.4 Å². The third-order valence-corrected chi connectivity index (χ3v) is 4.36. The molecule has 0 fully saturated rings. The summed E-state index contributed by atoms with van der Waals surface area (Å²) >= 11 is 0. The van der Waals surface area contributed by atoms with E-state index in [1.807, 2.05) is 0 Å². The van der Waals surface area contributed by atoms with E-state index in [0.29, 0.717) is 35.6 Å². The molecule has 0 aliphatic rings. The molecule has 4 rings (SSSR count). The van der Waals surface area contributed by atoms with Crippen LogP contribution < -0.4 is 16.7 Å². The van der Waals surface area contributed by atoms with Crippen LogP contribution in [0.4, 0.5) is 0 Å². The monoisotopic (exact) mass is 380 g/mol. The lowest BCUT2D eigenvalue weighted by Crippen LogP contribution is -2.22. The second kappa shape index (κ2) is 7.10. The number of nitrogens with zero attached hydrogens (tertiary/aromatic N) is 4. The van der Waals surface area contributed by atoms with E-state index in [0.717, 1.165) is 0 Å². The molecule has 0 saturated heterocycles. The van der Waals surface area contributed by atoms with Crippen molar-refractivity contribution in [3.8, 4) is 0 Å². The molecule has 9 nitrogen and oxygen atoms in total. The molecule has 0 bridgehead atoms. The second-order valence-electron chi connectivity index (χ2n) is 6.32. The maximum Gasteiger partial charge on any atom is 0.336 e. The highest BCUT2D eigenvalue weighted by Gasteiger charge is 2.11. The number of hydrogen-bond acceptors (Lipinski definition) is 7. The SMILES string of the molecule is Cc1cc(=O)oc2ccn(CCc3noc(Cn4ccccc4=O)n3)c(=O)c12. The molecule has 0 aliphatic heterocycles. The smallest absolute Gasteiger partial charge is 0.336 e. The van der Waals surface area contributed by atoms with Gasteiger partial charge in [-0.15, -0.1) is 0 Å².